The molecule has 0 aliphatic heterocycles. The molecular weight excluding hydrogens is 647 g/mol. The molecule has 0 aromatic carbocycles. The van der Waals surface area contributed by atoms with Gasteiger partial charge in [0.25, 0.3) is 0 Å². The number of aliphatic hydroxyl groups is 1. The van der Waals surface area contributed by atoms with E-state index in [9.17, 15) is 14.7 Å². The summed E-state index contributed by atoms with van der Waals surface area (Å²) in [7, 11) is 0. The Bertz CT molecular complexity index is 722. The number of ether oxygens (including phenoxy) is 2. The van der Waals surface area contributed by atoms with Crippen LogP contribution in [0.2, 0.25) is 0 Å². The maximum atomic E-state index is 12.6. The van der Waals surface area contributed by atoms with Crippen LogP contribution in [-0.4, -0.2) is 60.9 Å². The zero-order valence-corrected chi connectivity index (χ0v) is 35.6. The highest BCUT2D eigenvalue weighted by Crippen LogP contribution is 2.22. The van der Waals surface area contributed by atoms with Gasteiger partial charge < -0.3 is 19.5 Å². The molecule has 0 spiro atoms. The van der Waals surface area contributed by atoms with Gasteiger partial charge in [0.1, 0.15) is 6.10 Å². The summed E-state index contributed by atoms with van der Waals surface area (Å²) in [4.78, 5) is 27.3. The Labute approximate surface area is 324 Å². The molecule has 0 bridgehead atoms. The largest absolute Gasteiger partial charge is 0.466 e. The second kappa shape index (κ2) is 41.0. The summed E-state index contributed by atoms with van der Waals surface area (Å²) in [6.07, 6.45) is 38.2. The molecule has 0 aromatic rings. The minimum atomic E-state index is -0.0141. The van der Waals surface area contributed by atoms with E-state index >= 15 is 0 Å². The Hall–Kier alpha value is -1.14. The lowest BCUT2D eigenvalue weighted by Gasteiger charge is -2.21. The Morgan fingerprint density at radius 2 is 0.865 bits per heavy atom. The summed E-state index contributed by atoms with van der Waals surface area (Å²) in [6, 6.07) is 0. The number of esters is 2. The monoisotopic (exact) mass is 738 g/mol. The minimum Gasteiger partial charge on any atom is -0.466 e. The van der Waals surface area contributed by atoms with Gasteiger partial charge in [-0.25, -0.2) is 0 Å². The molecule has 0 fully saturated rings. The highest BCUT2D eigenvalue weighted by Gasteiger charge is 2.15. The molecule has 0 saturated carbocycles. The van der Waals surface area contributed by atoms with Gasteiger partial charge >= 0.3 is 11.9 Å². The summed E-state index contributed by atoms with van der Waals surface area (Å²) in [5.41, 5.74) is 0. The van der Waals surface area contributed by atoms with Crippen molar-refractivity contribution in [3.63, 3.8) is 0 Å². The summed E-state index contributed by atoms with van der Waals surface area (Å²) < 4.78 is 11.6. The first-order valence-electron chi connectivity index (χ1n) is 23.2. The maximum absolute atomic E-state index is 12.6. The number of carbonyl (C=O) groups is 2. The van der Waals surface area contributed by atoms with Crippen LogP contribution in [0.25, 0.3) is 0 Å². The highest BCUT2D eigenvalue weighted by atomic mass is 16.5. The number of rotatable bonds is 42. The van der Waals surface area contributed by atoms with Crippen LogP contribution in [0.15, 0.2) is 0 Å². The van der Waals surface area contributed by atoms with Gasteiger partial charge in [-0.15, -0.1) is 0 Å². The van der Waals surface area contributed by atoms with Crippen molar-refractivity contribution in [1.82, 2.24) is 4.90 Å². The van der Waals surface area contributed by atoms with E-state index in [0.29, 0.717) is 25.4 Å². The fourth-order valence-electron chi connectivity index (χ4n) is 7.42. The molecule has 0 amide bonds. The lowest BCUT2D eigenvalue weighted by atomic mass is 9.92. The normalized spacial score (nSPS) is 11.7. The van der Waals surface area contributed by atoms with Crippen LogP contribution in [0.5, 0.6) is 0 Å². The van der Waals surface area contributed by atoms with Gasteiger partial charge in [-0.05, 0) is 76.8 Å². The first-order valence-corrected chi connectivity index (χ1v) is 23.2. The van der Waals surface area contributed by atoms with Crippen LogP contribution in [0.4, 0.5) is 0 Å². The van der Waals surface area contributed by atoms with Crippen LogP contribution in [0, 0.1) is 5.92 Å². The van der Waals surface area contributed by atoms with E-state index in [0.717, 1.165) is 90.3 Å². The Balaban J connectivity index is 4.01. The third-order valence-corrected chi connectivity index (χ3v) is 10.9. The van der Waals surface area contributed by atoms with Crippen molar-refractivity contribution in [1.29, 1.82) is 0 Å². The molecule has 0 heterocycles. The molecule has 0 rings (SSSR count). The second-order valence-electron chi connectivity index (χ2n) is 16.0. The molecule has 0 radical (unpaired) electrons. The van der Waals surface area contributed by atoms with Crippen LogP contribution in [0.1, 0.15) is 240 Å². The standard InChI is InChI=1S/C46H91NO5/c1-5-9-13-23-31-43(32-24-14-10-6-2)37-42-51-45(49)35-27-19-17-21-29-38-47(40-41-48)39-30-22-18-20-28-36-46(50)52-44(33-25-15-11-7-3)34-26-16-12-8-4/h43-44,48H,5-42H2,1-4H3. The fraction of sp³-hybridized carbons (Fsp3) is 0.957. The number of hydrogen-bond donors (Lipinski definition) is 1. The Morgan fingerprint density at radius 3 is 1.33 bits per heavy atom. The molecule has 52 heavy (non-hydrogen) atoms. The smallest absolute Gasteiger partial charge is 0.306 e. The van der Waals surface area contributed by atoms with Crippen molar-refractivity contribution in [3.8, 4) is 0 Å². The summed E-state index contributed by atoms with van der Waals surface area (Å²) in [5, 5.41) is 9.57. The van der Waals surface area contributed by atoms with Gasteiger partial charge in [-0.1, -0.05) is 169 Å². The van der Waals surface area contributed by atoms with E-state index in [-0.39, 0.29) is 24.6 Å². The maximum Gasteiger partial charge on any atom is 0.306 e. The van der Waals surface area contributed by atoms with Gasteiger partial charge in [-0.3, -0.25) is 9.59 Å². The highest BCUT2D eigenvalue weighted by molar-refractivity contribution is 5.69. The number of nitrogens with zero attached hydrogens (tertiary/aromatic N) is 1. The van der Waals surface area contributed by atoms with Crippen molar-refractivity contribution >= 4 is 11.9 Å². The summed E-state index contributed by atoms with van der Waals surface area (Å²) in [6.45, 7) is 12.6. The predicted molar refractivity (Wildman–Crippen MR) is 223 cm³/mol. The molecule has 310 valence electrons. The van der Waals surface area contributed by atoms with Gasteiger partial charge in [-0.2, -0.15) is 0 Å². The van der Waals surface area contributed by atoms with Crippen molar-refractivity contribution in [2.24, 2.45) is 5.92 Å². The van der Waals surface area contributed by atoms with Crippen molar-refractivity contribution in [2.45, 2.75) is 246 Å². The van der Waals surface area contributed by atoms with Crippen LogP contribution < -0.4 is 0 Å². The van der Waals surface area contributed by atoms with Crippen LogP contribution in [0.3, 0.4) is 0 Å². The van der Waals surface area contributed by atoms with Gasteiger partial charge in [0, 0.05) is 19.4 Å². The van der Waals surface area contributed by atoms with E-state index in [4.69, 9.17) is 9.47 Å². The van der Waals surface area contributed by atoms with Crippen LogP contribution >= 0.6 is 0 Å². The molecule has 0 atom stereocenters. The van der Waals surface area contributed by atoms with Crippen molar-refractivity contribution in [2.75, 3.05) is 32.8 Å². The van der Waals surface area contributed by atoms with Crippen molar-refractivity contribution < 1.29 is 24.2 Å². The first-order chi connectivity index (χ1) is 25.5. The molecular formula is C46H91NO5. The topological polar surface area (TPSA) is 76.1 Å². The predicted octanol–water partition coefficient (Wildman–Crippen LogP) is 13.3. The number of unbranched alkanes of at least 4 members (excludes halogenated alkanes) is 20. The molecule has 0 aliphatic carbocycles. The summed E-state index contributed by atoms with van der Waals surface area (Å²) in [5.74, 6) is 0.701. The van der Waals surface area contributed by atoms with Crippen molar-refractivity contribution in [3.05, 3.63) is 0 Å². The third kappa shape index (κ3) is 35.9. The number of hydrogen-bond acceptors (Lipinski definition) is 6. The molecule has 0 saturated heterocycles. The van der Waals surface area contributed by atoms with E-state index in [1.807, 2.05) is 0 Å². The zero-order valence-electron chi connectivity index (χ0n) is 35.6. The molecule has 1 N–H and O–H groups in total. The number of aliphatic hydroxyl groups excluding tert-OH is 1. The number of carbonyl (C=O) groups excluding carboxylic acids is 2. The quantitative estimate of drug-likeness (QED) is 0.0496. The van der Waals surface area contributed by atoms with E-state index in [1.54, 1.807) is 0 Å². The van der Waals surface area contributed by atoms with E-state index < -0.39 is 0 Å². The lowest BCUT2D eigenvalue weighted by molar-refractivity contribution is -0.150. The first kappa shape index (κ1) is 50.9. The molecule has 6 heteroatoms. The zero-order chi connectivity index (χ0) is 38.2. The average molecular weight is 738 g/mol. The molecule has 0 aromatic heterocycles. The van der Waals surface area contributed by atoms with E-state index in [1.165, 1.54) is 128 Å². The second-order valence-corrected chi connectivity index (χ2v) is 16.0. The van der Waals surface area contributed by atoms with Crippen LogP contribution in [-0.2, 0) is 19.1 Å². The van der Waals surface area contributed by atoms with Gasteiger partial charge in [0.05, 0.1) is 13.2 Å². The molecule has 0 unspecified atom stereocenters. The fourth-order valence-corrected chi connectivity index (χ4v) is 7.42. The third-order valence-electron chi connectivity index (χ3n) is 10.9. The van der Waals surface area contributed by atoms with Gasteiger partial charge in [0.2, 0.25) is 0 Å². The summed E-state index contributed by atoms with van der Waals surface area (Å²) >= 11 is 0. The molecule has 6 nitrogen and oxygen atoms in total. The lowest BCUT2D eigenvalue weighted by Crippen LogP contribution is -2.29. The average Bonchev–Trinajstić information content (AvgIpc) is 3.14. The SMILES string of the molecule is CCCCCCC(CCCCCC)CCOC(=O)CCCCCCCN(CCO)CCCCCCCC(=O)OC(CCCCCC)CCCCCC. The van der Waals surface area contributed by atoms with E-state index in [2.05, 4.69) is 32.6 Å². The Kier molecular flexibility index (Phi) is 40.1. The molecule has 0 aliphatic rings. The Morgan fingerprint density at radius 1 is 0.462 bits per heavy atom. The van der Waals surface area contributed by atoms with Gasteiger partial charge in [0.15, 0.2) is 0 Å². The minimum absolute atomic E-state index is 0.00494.